The van der Waals surface area contributed by atoms with Crippen LogP contribution in [0.3, 0.4) is 0 Å². The van der Waals surface area contributed by atoms with Gasteiger partial charge in [0, 0.05) is 11.1 Å². The number of methoxy groups -OCH3 is 2. The fourth-order valence-electron chi connectivity index (χ4n) is 2.79. The van der Waals surface area contributed by atoms with Crippen molar-refractivity contribution in [2.75, 3.05) is 30.1 Å². The average molecular weight is 427 g/mol. The smallest absolute Gasteiger partial charge is 0.248 e. The first kappa shape index (κ1) is 21.8. The van der Waals surface area contributed by atoms with Crippen molar-refractivity contribution in [1.29, 1.82) is 0 Å². The summed E-state index contributed by atoms with van der Waals surface area (Å²) in [7, 11) is -0.755. The second-order valence-corrected chi connectivity index (χ2v) is 8.31. The van der Waals surface area contributed by atoms with Gasteiger partial charge in [0.2, 0.25) is 15.9 Å². The van der Waals surface area contributed by atoms with Gasteiger partial charge in [0.15, 0.2) is 0 Å². The molecule has 28 heavy (non-hydrogen) atoms. The van der Waals surface area contributed by atoms with Crippen LogP contribution >= 0.6 is 11.6 Å². The molecule has 0 spiro atoms. The molecule has 1 N–H and O–H groups in total. The van der Waals surface area contributed by atoms with Gasteiger partial charge in [0.05, 0.1) is 31.9 Å². The van der Waals surface area contributed by atoms with Crippen LogP contribution < -0.4 is 19.1 Å². The summed E-state index contributed by atoms with van der Waals surface area (Å²) in [5.74, 6) is 0.478. The third-order valence-corrected chi connectivity index (χ3v) is 5.47. The number of ether oxygens (including phenoxy) is 2. The number of carbonyl (C=O) groups excluding carboxylic acids is 1. The molecule has 7 nitrogen and oxygen atoms in total. The normalized spacial score (nSPS) is 12.2. The van der Waals surface area contributed by atoms with E-state index in [0.29, 0.717) is 27.9 Å². The fraction of sp³-hybridized carbons (Fsp3) is 0.316. The van der Waals surface area contributed by atoms with Gasteiger partial charge in [-0.2, -0.15) is 0 Å². The lowest BCUT2D eigenvalue weighted by Crippen LogP contribution is -2.47. The molecule has 0 aromatic heterocycles. The highest BCUT2D eigenvalue weighted by Gasteiger charge is 2.32. The van der Waals surface area contributed by atoms with Gasteiger partial charge in [0.1, 0.15) is 17.5 Å². The number of nitrogens with one attached hydrogen (secondary N) is 1. The van der Waals surface area contributed by atoms with E-state index in [9.17, 15) is 13.2 Å². The van der Waals surface area contributed by atoms with E-state index in [0.717, 1.165) is 10.6 Å². The number of anilines is 2. The Kier molecular flexibility index (Phi) is 7.15. The first-order valence-corrected chi connectivity index (χ1v) is 10.7. The molecule has 2 aromatic rings. The largest absolute Gasteiger partial charge is 0.497 e. The van der Waals surface area contributed by atoms with Crippen molar-refractivity contribution in [3.63, 3.8) is 0 Å². The van der Waals surface area contributed by atoms with E-state index in [-0.39, 0.29) is 6.42 Å². The summed E-state index contributed by atoms with van der Waals surface area (Å²) in [6, 6.07) is 10.3. The maximum Gasteiger partial charge on any atom is 0.248 e. The van der Waals surface area contributed by atoms with Crippen molar-refractivity contribution in [1.82, 2.24) is 0 Å². The van der Waals surface area contributed by atoms with Crippen molar-refractivity contribution in [2.45, 2.75) is 19.4 Å². The molecule has 0 aliphatic heterocycles. The summed E-state index contributed by atoms with van der Waals surface area (Å²) >= 11 is 6.01. The van der Waals surface area contributed by atoms with Crippen molar-refractivity contribution in [2.24, 2.45) is 0 Å². The van der Waals surface area contributed by atoms with Gasteiger partial charge in [-0.1, -0.05) is 24.6 Å². The van der Waals surface area contributed by atoms with Crippen molar-refractivity contribution in [3.8, 4) is 11.5 Å². The van der Waals surface area contributed by atoms with Crippen LogP contribution in [-0.4, -0.2) is 40.8 Å². The predicted molar refractivity (Wildman–Crippen MR) is 111 cm³/mol. The minimum Gasteiger partial charge on any atom is -0.497 e. The highest BCUT2D eigenvalue weighted by Crippen LogP contribution is 2.30. The molecule has 0 bridgehead atoms. The molecular formula is C19H23ClN2O5S. The van der Waals surface area contributed by atoms with E-state index in [1.807, 2.05) is 0 Å². The van der Waals surface area contributed by atoms with E-state index >= 15 is 0 Å². The number of sulfonamides is 1. The number of hydrogen-bond donors (Lipinski definition) is 1. The number of benzene rings is 2. The number of hydrogen-bond acceptors (Lipinski definition) is 5. The molecule has 0 fully saturated rings. The minimum atomic E-state index is -3.75. The molecule has 0 aliphatic carbocycles. The second-order valence-electron chi connectivity index (χ2n) is 6.02. The van der Waals surface area contributed by atoms with Gasteiger partial charge < -0.3 is 14.8 Å². The van der Waals surface area contributed by atoms with Crippen LogP contribution in [0.15, 0.2) is 42.5 Å². The Labute approximate surface area is 170 Å². The second kappa shape index (κ2) is 9.16. The Balaban J connectivity index is 2.40. The highest BCUT2D eigenvalue weighted by molar-refractivity contribution is 7.92. The lowest BCUT2D eigenvalue weighted by atomic mass is 10.1. The van der Waals surface area contributed by atoms with Crippen molar-refractivity contribution < 1.29 is 22.7 Å². The monoisotopic (exact) mass is 426 g/mol. The molecular weight excluding hydrogens is 404 g/mol. The standard InChI is InChI=1S/C19H23ClN2O5S/c1-5-17(22(28(4,24)25)14-8-6-7-13(20)11-14)19(23)21-16-10-9-15(26-2)12-18(16)27-3/h6-12,17H,5H2,1-4H3,(H,21,23)/t17-/m0/s1. The number of rotatable bonds is 8. The quantitative estimate of drug-likeness (QED) is 0.697. The van der Waals surface area contributed by atoms with Crippen LogP contribution in [0.4, 0.5) is 11.4 Å². The molecule has 0 saturated heterocycles. The van der Waals surface area contributed by atoms with Crippen LogP contribution in [0.5, 0.6) is 11.5 Å². The SMILES string of the molecule is CC[C@@H](C(=O)Nc1ccc(OC)cc1OC)N(c1cccc(Cl)c1)S(C)(=O)=O. The molecule has 0 unspecified atom stereocenters. The lowest BCUT2D eigenvalue weighted by molar-refractivity contribution is -0.117. The zero-order chi connectivity index (χ0) is 20.9. The van der Waals surface area contributed by atoms with Crippen molar-refractivity contribution >= 4 is 38.9 Å². The molecule has 1 atom stereocenters. The fourth-order valence-corrected chi connectivity index (χ4v) is 4.18. The Bertz CT molecular complexity index is 949. The van der Waals surface area contributed by atoms with E-state index in [1.165, 1.54) is 20.3 Å². The van der Waals surface area contributed by atoms with Gasteiger partial charge in [-0.15, -0.1) is 0 Å². The van der Waals surface area contributed by atoms with Crippen molar-refractivity contribution in [3.05, 3.63) is 47.5 Å². The van der Waals surface area contributed by atoms with Gasteiger partial charge in [-0.05, 0) is 36.8 Å². The third-order valence-electron chi connectivity index (χ3n) is 4.06. The van der Waals surface area contributed by atoms with Crippen LogP contribution in [0.25, 0.3) is 0 Å². The Morgan fingerprint density at radius 1 is 1.18 bits per heavy atom. The van der Waals surface area contributed by atoms with E-state index in [1.54, 1.807) is 43.3 Å². The summed E-state index contributed by atoms with van der Waals surface area (Å²) in [5.41, 5.74) is 0.727. The summed E-state index contributed by atoms with van der Waals surface area (Å²) in [4.78, 5) is 13.0. The molecule has 0 heterocycles. The first-order chi connectivity index (χ1) is 13.2. The Hall–Kier alpha value is -2.45. The zero-order valence-electron chi connectivity index (χ0n) is 16.1. The summed E-state index contributed by atoms with van der Waals surface area (Å²) in [6.45, 7) is 1.73. The molecule has 2 aromatic carbocycles. The van der Waals surface area contributed by atoms with E-state index in [4.69, 9.17) is 21.1 Å². The number of amides is 1. The Morgan fingerprint density at radius 3 is 2.43 bits per heavy atom. The van der Waals surface area contributed by atoms with E-state index < -0.39 is 22.0 Å². The summed E-state index contributed by atoms with van der Waals surface area (Å²) in [5, 5.41) is 3.12. The van der Waals surface area contributed by atoms with Crippen LogP contribution in [-0.2, 0) is 14.8 Å². The zero-order valence-corrected chi connectivity index (χ0v) is 17.7. The molecule has 0 saturated carbocycles. The maximum absolute atomic E-state index is 13.0. The topological polar surface area (TPSA) is 84.9 Å². The van der Waals surface area contributed by atoms with E-state index in [2.05, 4.69) is 5.32 Å². The molecule has 152 valence electrons. The third kappa shape index (κ3) is 5.08. The highest BCUT2D eigenvalue weighted by atomic mass is 35.5. The van der Waals surface area contributed by atoms with Gasteiger partial charge in [-0.25, -0.2) is 8.42 Å². The molecule has 2 rings (SSSR count). The van der Waals surface area contributed by atoms with Gasteiger partial charge in [0.25, 0.3) is 0 Å². The van der Waals surface area contributed by atoms with Crippen LogP contribution in [0, 0.1) is 0 Å². The summed E-state index contributed by atoms with van der Waals surface area (Å²) < 4.78 is 36.4. The Morgan fingerprint density at radius 2 is 1.89 bits per heavy atom. The number of carbonyl (C=O) groups is 1. The van der Waals surface area contributed by atoms with Gasteiger partial charge in [-0.3, -0.25) is 9.10 Å². The average Bonchev–Trinajstić information content (AvgIpc) is 2.65. The minimum absolute atomic E-state index is 0.254. The predicted octanol–water partition coefficient (Wildman–Crippen LogP) is 3.54. The lowest BCUT2D eigenvalue weighted by Gasteiger charge is -2.30. The molecule has 0 aliphatic rings. The van der Waals surface area contributed by atoms with Gasteiger partial charge >= 0.3 is 0 Å². The molecule has 1 amide bonds. The maximum atomic E-state index is 13.0. The number of halogens is 1. The van der Waals surface area contributed by atoms with Crippen LogP contribution in [0.1, 0.15) is 13.3 Å². The van der Waals surface area contributed by atoms with Crippen LogP contribution in [0.2, 0.25) is 5.02 Å². The molecule has 0 radical (unpaired) electrons. The first-order valence-electron chi connectivity index (χ1n) is 8.49. The summed E-state index contributed by atoms with van der Waals surface area (Å²) in [6.07, 6.45) is 1.31. The molecule has 9 heteroatoms. The number of nitrogens with zero attached hydrogens (tertiary/aromatic N) is 1.